The van der Waals surface area contributed by atoms with Gasteiger partial charge in [0, 0.05) is 24.9 Å². The molecule has 1 saturated heterocycles. The fourth-order valence-corrected chi connectivity index (χ4v) is 3.13. The van der Waals surface area contributed by atoms with Crippen molar-refractivity contribution in [1.29, 1.82) is 0 Å². The number of nitrogens with one attached hydrogen (secondary N) is 1. The van der Waals surface area contributed by atoms with E-state index < -0.39 is 0 Å². The predicted octanol–water partition coefficient (Wildman–Crippen LogP) is 1.65. The van der Waals surface area contributed by atoms with E-state index in [1.807, 2.05) is 6.92 Å². The highest BCUT2D eigenvalue weighted by molar-refractivity contribution is 5.01. The number of hydrogen-bond acceptors (Lipinski definition) is 8. The van der Waals surface area contributed by atoms with Crippen molar-refractivity contribution in [1.82, 2.24) is 30.5 Å². The van der Waals surface area contributed by atoms with Gasteiger partial charge < -0.3 is 14.4 Å². The van der Waals surface area contributed by atoms with Crippen LogP contribution < -0.4 is 5.32 Å². The Hall–Kier alpha value is -1.80. The van der Waals surface area contributed by atoms with Gasteiger partial charge in [-0.25, -0.2) is 0 Å². The van der Waals surface area contributed by atoms with Gasteiger partial charge in [-0.1, -0.05) is 17.2 Å². The van der Waals surface area contributed by atoms with Gasteiger partial charge >= 0.3 is 0 Å². The van der Waals surface area contributed by atoms with E-state index in [-0.39, 0.29) is 0 Å². The van der Waals surface area contributed by atoms with Crippen molar-refractivity contribution in [2.45, 2.75) is 64.1 Å². The largest absolute Gasteiger partial charge is 0.339 e. The fraction of sp³-hybridized carbons (Fsp3) is 0.750. The first-order valence-corrected chi connectivity index (χ1v) is 8.90. The lowest BCUT2D eigenvalue weighted by molar-refractivity contribution is 0.174. The maximum atomic E-state index is 5.34. The van der Waals surface area contributed by atoms with Gasteiger partial charge in [0.05, 0.1) is 13.1 Å². The van der Waals surface area contributed by atoms with E-state index in [9.17, 15) is 0 Å². The van der Waals surface area contributed by atoms with Crippen molar-refractivity contribution in [3.8, 4) is 0 Å². The fourth-order valence-electron chi connectivity index (χ4n) is 3.13. The van der Waals surface area contributed by atoms with Crippen molar-refractivity contribution >= 4 is 0 Å². The SMILES string of the molecule is CCc1noc(CN[C@@H]2CCCN(Cc3noc(C4CC4)n3)C2)n1. The number of rotatable bonds is 7. The normalized spacial score (nSPS) is 22.1. The Kier molecular flexibility index (Phi) is 4.57. The minimum absolute atomic E-state index is 0.422. The molecule has 8 heteroatoms. The molecule has 2 aromatic heterocycles. The molecule has 0 bridgehead atoms. The third-order valence-corrected chi connectivity index (χ3v) is 4.65. The van der Waals surface area contributed by atoms with Gasteiger partial charge in [0.2, 0.25) is 11.8 Å². The third kappa shape index (κ3) is 3.81. The molecule has 0 aromatic carbocycles. The van der Waals surface area contributed by atoms with Crippen LogP contribution in [0.1, 0.15) is 62.0 Å². The molecule has 1 saturated carbocycles. The minimum atomic E-state index is 0.422. The minimum Gasteiger partial charge on any atom is -0.339 e. The van der Waals surface area contributed by atoms with E-state index in [1.165, 1.54) is 12.8 Å². The van der Waals surface area contributed by atoms with Gasteiger partial charge in [-0.3, -0.25) is 4.90 Å². The molecule has 0 amide bonds. The van der Waals surface area contributed by atoms with Crippen LogP contribution in [-0.2, 0) is 19.5 Å². The van der Waals surface area contributed by atoms with Crippen LogP contribution in [0.4, 0.5) is 0 Å². The summed E-state index contributed by atoms with van der Waals surface area (Å²) in [6, 6.07) is 0.422. The summed E-state index contributed by atoms with van der Waals surface area (Å²) in [6.45, 7) is 5.45. The summed E-state index contributed by atoms with van der Waals surface area (Å²) in [7, 11) is 0. The summed E-state index contributed by atoms with van der Waals surface area (Å²) < 4.78 is 10.6. The van der Waals surface area contributed by atoms with Gasteiger partial charge in [0.25, 0.3) is 0 Å². The number of piperidine rings is 1. The molecule has 2 aromatic rings. The van der Waals surface area contributed by atoms with E-state index in [4.69, 9.17) is 9.05 Å². The molecule has 1 aliphatic carbocycles. The zero-order valence-corrected chi connectivity index (χ0v) is 14.1. The maximum absolute atomic E-state index is 5.34. The summed E-state index contributed by atoms with van der Waals surface area (Å²) >= 11 is 0. The van der Waals surface area contributed by atoms with Gasteiger partial charge in [-0.05, 0) is 32.2 Å². The predicted molar refractivity (Wildman–Crippen MR) is 85.1 cm³/mol. The molecule has 2 fully saturated rings. The molecule has 130 valence electrons. The Balaban J connectivity index is 1.26. The summed E-state index contributed by atoms with van der Waals surface area (Å²) in [4.78, 5) is 11.2. The third-order valence-electron chi connectivity index (χ3n) is 4.65. The second-order valence-corrected chi connectivity index (χ2v) is 6.74. The maximum Gasteiger partial charge on any atom is 0.240 e. The summed E-state index contributed by atoms with van der Waals surface area (Å²) in [5.41, 5.74) is 0. The molecule has 0 radical (unpaired) electrons. The van der Waals surface area contributed by atoms with Crippen molar-refractivity contribution in [3.05, 3.63) is 23.4 Å². The van der Waals surface area contributed by atoms with Crippen molar-refractivity contribution in [3.63, 3.8) is 0 Å². The lowest BCUT2D eigenvalue weighted by atomic mass is 10.1. The molecule has 8 nitrogen and oxygen atoms in total. The van der Waals surface area contributed by atoms with Crippen LogP contribution in [0.3, 0.4) is 0 Å². The summed E-state index contributed by atoms with van der Waals surface area (Å²) in [6.07, 6.45) is 5.49. The highest BCUT2D eigenvalue weighted by Gasteiger charge is 2.30. The van der Waals surface area contributed by atoms with E-state index in [2.05, 4.69) is 30.5 Å². The highest BCUT2D eigenvalue weighted by atomic mass is 16.5. The molecule has 1 N–H and O–H groups in total. The number of nitrogens with zero attached hydrogens (tertiary/aromatic N) is 5. The number of likely N-dealkylation sites (tertiary alicyclic amines) is 1. The molecular weight excluding hydrogens is 308 g/mol. The first-order chi connectivity index (χ1) is 11.8. The van der Waals surface area contributed by atoms with Gasteiger partial charge in [-0.15, -0.1) is 0 Å². The van der Waals surface area contributed by atoms with Crippen LogP contribution in [0, 0.1) is 0 Å². The average molecular weight is 332 g/mol. The smallest absolute Gasteiger partial charge is 0.240 e. The number of hydrogen-bond donors (Lipinski definition) is 1. The monoisotopic (exact) mass is 332 g/mol. The summed E-state index contributed by atoms with van der Waals surface area (Å²) in [5, 5.41) is 11.6. The highest BCUT2D eigenvalue weighted by Crippen LogP contribution is 2.38. The van der Waals surface area contributed by atoms with E-state index in [1.54, 1.807) is 0 Å². The van der Waals surface area contributed by atoms with Crippen molar-refractivity contribution in [2.75, 3.05) is 13.1 Å². The van der Waals surface area contributed by atoms with Crippen LogP contribution in [0.2, 0.25) is 0 Å². The number of aryl methyl sites for hydroxylation is 1. The van der Waals surface area contributed by atoms with E-state index in [0.717, 1.165) is 56.4 Å². The van der Waals surface area contributed by atoms with Gasteiger partial charge in [0.1, 0.15) is 0 Å². The molecule has 2 aliphatic rings. The molecule has 1 atom stereocenters. The van der Waals surface area contributed by atoms with Crippen LogP contribution in [-0.4, -0.2) is 44.3 Å². The Labute approximate surface area is 141 Å². The number of aromatic nitrogens is 4. The quantitative estimate of drug-likeness (QED) is 0.818. The summed E-state index contributed by atoms with van der Waals surface area (Å²) in [5.74, 6) is 3.57. The topological polar surface area (TPSA) is 93.1 Å². The van der Waals surface area contributed by atoms with Crippen LogP contribution in [0.5, 0.6) is 0 Å². The first kappa shape index (κ1) is 15.7. The van der Waals surface area contributed by atoms with Crippen LogP contribution in [0.15, 0.2) is 9.05 Å². The first-order valence-electron chi connectivity index (χ1n) is 8.90. The van der Waals surface area contributed by atoms with Crippen molar-refractivity contribution in [2.24, 2.45) is 0 Å². The molecule has 4 rings (SSSR count). The van der Waals surface area contributed by atoms with Crippen molar-refractivity contribution < 1.29 is 9.05 Å². The van der Waals surface area contributed by atoms with Crippen LogP contribution in [0.25, 0.3) is 0 Å². The molecule has 24 heavy (non-hydrogen) atoms. The Morgan fingerprint density at radius 3 is 2.79 bits per heavy atom. The zero-order chi connectivity index (χ0) is 16.4. The average Bonchev–Trinajstić information content (AvgIpc) is 3.17. The Morgan fingerprint density at radius 1 is 1.12 bits per heavy atom. The molecular formula is C16H24N6O2. The van der Waals surface area contributed by atoms with E-state index in [0.29, 0.717) is 24.4 Å². The second kappa shape index (κ2) is 6.98. The lowest BCUT2D eigenvalue weighted by Crippen LogP contribution is -2.45. The molecule has 1 aliphatic heterocycles. The molecule has 0 unspecified atom stereocenters. The van der Waals surface area contributed by atoms with Gasteiger partial charge in [0.15, 0.2) is 11.6 Å². The second-order valence-electron chi connectivity index (χ2n) is 6.74. The van der Waals surface area contributed by atoms with Gasteiger partial charge in [-0.2, -0.15) is 9.97 Å². The zero-order valence-electron chi connectivity index (χ0n) is 14.1. The Morgan fingerprint density at radius 2 is 2.00 bits per heavy atom. The van der Waals surface area contributed by atoms with E-state index >= 15 is 0 Å². The Bertz CT molecular complexity index is 665. The molecule has 0 spiro atoms. The standard InChI is InChI=1S/C16H24N6O2/c1-2-13-18-15(23-20-13)8-17-12-4-3-7-22(9-12)10-14-19-16(24-21-14)11-5-6-11/h11-12,17H,2-10H2,1H3/t12-/m1/s1. The molecule has 3 heterocycles. The van der Waals surface area contributed by atoms with Crippen LogP contribution >= 0.6 is 0 Å². The lowest BCUT2D eigenvalue weighted by Gasteiger charge is -2.32.